The molecular weight excluding hydrogens is 368 g/mol. The Morgan fingerprint density at radius 3 is 2.37 bits per heavy atom. The van der Waals surface area contributed by atoms with Crippen molar-refractivity contribution >= 4 is 16.0 Å². The molecule has 0 aliphatic carbocycles. The maximum atomic E-state index is 12.2. The number of guanidine groups is 1. The maximum Gasteiger partial charge on any atom is 0.215 e. The van der Waals surface area contributed by atoms with Crippen LogP contribution in [0.5, 0.6) is 0 Å². The molecule has 1 rings (SSSR count). The van der Waals surface area contributed by atoms with E-state index < -0.39 is 15.6 Å². The maximum absolute atomic E-state index is 12.2. The van der Waals surface area contributed by atoms with Gasteiger partial charge in [0.15, 0.2) is 5.96 Å². The third-order valence-corrected chi connectivity index (χ3v) is 6.28. The lowest BCUT2D eigenvalue weighted by Crippen LogP contribution is -2.42. The number of nitrogens with one attached hydrogen (secondary N) is 2. The summed E-state index contributed by atoms with van der Waals surface area (Å²) in [5.74, 6) is 1.84. The molecule has 8 nitrogen and oxygen atoms in total. The molecule has 1 aromatic heterocycles. The molecule has 0 aliphatic heterocycles. The predicted molar refractivity (Wildman–Crippen MR) is 108 cm³/mol. The highest BCUT2D eigenvalue weighted by Gasteiger charge is 2.27. The van der Waals surface area contributed by atoms with E-state index in [-0.39, 0.29) is 18.8 Å². The molecule has 27 heavy (non-hydrogen) atoms. The van der Waals surface area contributed by atoms with Gasteiger partial charge in [-0.1, -0.05) is 13.8 Å². The summed E-state index contributed by atoms with van der Waals surface area (Å²) in [5.41, 5.74) is -0.485. The monoisotopic (exact) mass is 402 g/mol. The molecule has 9 heteroatoms. The van der Waals surface area contributed by atoms with Crippen molar-refractivity contribution in [2.45, 2.75) is 47.1 Å². The summed E-state index contributed by atoms with van der Waals surface area (Å²) in [6.07, 6.45) is 0. The van der Waals surface area contributed by atoms with E-state index in [1.807, 2.05) is 40.7 Å². The molecule has 0 fully saturated rings. The highest BCUT2D eigenvalue weighted by atomic mass is 32.2. The lowest BCUT2D eigenvalue weighted by atomic mass is 9.96. The van der Waals surface area contributed by atoms with E-state index in [1.54, 1.807) is 6.92 Å². The fourth-order valence-corrected chi connectivity index (χ4v) is 4.27. The van der Waals surface area contributed by atoms with Crippen LogP contribution in [0.1, 0.15) is 44.8 Å². The van der Waals surface area contributed by atoms with Crippen molar-refractivity contribution in [2.24, 2.45) is 4.99 Å². The standard InChI is InChI=1S/C18H34N4O4S/c1-7-19-17(20-10-11-27(24,25)22(8-2)9-3)21-13-18(6,23)16-12-14(4)26-15(16)5/h12,23H,7-11,13H2,1-6H3,(H2,19,20,21). The minimum absolute atomic E-state index is 0.0183. The summed E-state index contributed by atoms with van der Waals surface area (Å²) in [4.78, 5) is 4.41. The lowest BCUT2D eigenvalue weighted by Gasteiger charge is -2.22. The Kier molecular flexibility index (Phi) is 8.77. The molecule has 0 saturated heterocycles. The number of rotatable bonds is 10. The molecule has 1 atom stereocenters. The number of hydrogen-bond donors (Lipinski definition) is 3. The minimum Gasteiger partial charge on any atom is -0.466 e. The molecule has 1 unspecified atom stereocenters. The quantitative estimate of drug-likeness (QED) is 0.403. The third kappa shape index (κ3) is 6.82. The zero-order chi connectivity index (χ0) is 20.7. The Morgan fingerprint density at radius 1 is 1.26 bits per heavy atom. The van der Waals surface area contributed by atoms with Crippen molar-refractivity contribution in [2.75, 3.05) is 38.5 Å². The summed E-state index contributed by atoms with van der Waals surface area (Å²) >= 11 is 0. The normalized spacial score (nSPS) is 15.0. The van der Waals surface area contributed by atoms with E-state index in [2.05, 4.69) is 15.6 Å². The molecule has 3 N–H and O–H groups in total. The third-order valence-electron chi connectivity index (χ3n) is 4.26. The van der Waals surface area contributed by atoms with Crippen LogP contribution in [0.15, 0.2) is 15.5 Å². The largest absolute Gasteiger partial charge is 0.466 e. The van der Waals surface area contributed by atoms with Gasteiger partial charge in [0, 0.05) is 31.7 Å². The molecule has 0 aromatic carbocycles. The zero-order valence-electron chi connectivity index (χ0n) is 17.3. The van der Waals surface area contributed by atoms with Gasteiger partial charge in [0.1, 0.15) is 17.1 Å². The second kappa shape index (κ2) is 10.1. The smallest absolute Gasteiger partial charge is 0.215 e. The molecule has 0 radical (unpaired) electrons. The van der Waals surface area contributed by atoms with Crippen molar-refractivity contribution in [1.82, 2.24) is 14.9 Å². The van der Waals surface area contributed by atoms with Gasteiger partial charge in [-0.3, -0.25) is 0 Å². The second-order valence-corrected chi connectivity index (χ2v) is 8.71. The van der Waals surface area contributed by atoms with Crippen LogP contribution in [0.25, 0.3) is 0 Å². The molecule has 0 aliphatic rings. The van der Waals surface area contributed by atoms with Gasteiger partial charge in [0.2, 0.25) is 10.0 Å². The lowest BCUT2D eigenvalue weighted by molar-refractivity contribution is 0.0657. The van der Waals surface area contributed by atoms with Crippen molar-refractivity contribution in [3.05, 3.63) is 23.2 Å². The van der Waals surface area contributed by atoms with E-state index in [4.69, 9.17) is 4.42 Å². The van der Waals surface area contributed by atoms with E-state index in [0.29, 0.717) is 36.9 Å². The number of aryl methyl sites for hydroxylation is 2. The topological polar surface area (TPSA) is 107 Å². The van der Waals surface area contributed by atoms with Gasteiger partial charge in [-0.05, 0) is 33.8 Å². The van der Waals surface area contributed by atoms with Crippen LogP contribution in [0, 0.1) is 13.8 Å². The molecule has 0 amide bonds. The van der Waals surface area contributed by atoms with Crippen LogP contribution >= 0.6 is 0 Å². The summed E-state index contributed by atoms with van der Waals surface area (Å²) in [5, 5.41) is 16.9. The van der Waals surface area contributed by atoms with Crippen molar-refractivity contribution in [3.63, 3.8) is 0 Å². The summed E-state index contributed by atoms with van der Waals surface area (Å²) in [6.45, 7) is 12.8. The van der Waals surface area contributed by atoms with E-state index >= 15 is 0 Å². The highest BCUT2D eigenvalue weighted by Crippen LogP contribution is 2.27. The van der Waals surface area contributed by atoms with Crippen LogP contribution < -0.4 is 10.6 Å². The number of aliphatic hydroxyl groups is 1. The Labute approximate surface area is 163 Å². The number of hydrogen-bond acceptors (Lipinski definition) is 5. The molecule has 0 saturated carbocycles. The summed E-state index contributed by atoms with van der Waals surface area (Å²) in [7, 11) is -3.30. The number of aliphatic imine (C=N–C) groups is 1. The van der Waals surface area contributed by atoms with Crippen LogP contribution in [0.3, 0.4) is 0 Å². The van der Waals surface area contributed by atoms with Gasteiger partial charge in [-0.15, -0.1) is 0 Å². The molecule has 1 heterocycles. The van der Waals surface area contributed by atoms with Crippen LogP contribution in [0.2, 0.25) is 0 Å². The van der Waals surface area contributed by atoms with Crippen LogP contribution in [-0.2, 0) is 15.6 Å². The van der Waals surface area contributed by atoms with E-state index in [0.717, 1.165) is 5.76 Å². The molecule has 156 valence electrons. The Morgan fingerprint density at radius 2 is 1.89 bits per heavy atom. The van der Waals surface area contributed by atoms with Crippen molar-refractivity contribution in [1.29, 1.82) is 0 Å². The van der Waals surface area contributed by atoms with Gasteiger partial charge < -0.3 is 20.2 Å². The fourth-order valence-electron chi connectivity index (χ4n) is 2.87. The van der Waals surface area contributed by atoms with Crippen molar-refractivity contribution < 1.29 is 17.9 Å². The number of sulfonamides is 1. The molecule has 1 aromatic rings. The van der Waals surface area contributed by atoms with Gasteiger partial charge in [-0.2, -0.15) is 0 Å². The first kappa shape index (κ1) is 23.5. The van der Waals surface area contributed by atoms with Gasteiger partial charge in [-0.25, -0.2) is 17.7 Å². The highest BCUT2D eigenvalue weighted by molar-refractivity contribution is 7.89. The first-order valence-electron chi connectivity index (χ1n) is 9.37. The Balaban J connectivity index is 2.76. The first-order chi connectivity index (χ1) is 12.6. The molecular formula is C18H34N4O4S. The van der Waals surface area contributed by atoms with Crippen LogP contribution in [-0.4, -0.2) is 62.3 Å². The van der Waals surface area contributed by atoms with Crippen LogP contribution in [0.4, 0.5) is 0 Å². The van der Waals surface area contributed by atoms with Gasteiger partial charge >= 0.3 is 0 Å². The average molecular weight is 403 g/mol. The van der Waals surface area contributed by atoms with E-state index in [1.165, 1.54) is 4.31 Å². The summed E-state index contributed by atoms with van der Waals surface area (Å²) in [6, 6.07) is 1.81. The Bertz CT molecular complexity index is 722. The van der Waals surface area contributed by atoms with E-state index in [9.17, 15) is 13.5 Å². The molecule has 0 spiro atoms. The molecule has 0 bridgehead atoms. The SMILES string of the molecule is CCNC(=NCC(C)(O)c1cc(C)oc1C)NCCS(=O)(=O)N(CC)CC. The second-order valence-electron chi connectivity index (χ2n) is 6.62. The fraction of sp³-hybridized carbons (Fsp3) is 0.722. The summed E-state index contributed by atoms with van der Waals surface area (Å²) < 4.78 is 31.4. The first-order valence-corrected chi connectivity index (χ1v) is 11.0. The number of furan rings is 1. The predicted octanol–water partition coefficient (Wildman–Crippen LogP) is 1.33. The number of nitrogens with zero attached hydrogens (tertiary/aromatic N) is 2. The minimum atomic E-state index is -3.30. The zero-order valence-corrected chi connectivity index (χ0v) is 18.1. The van der Waals surface area contributed by atoms with Gasteiger partial charge in [0.25, 0.3) is 0 Å². The Hall–Kier alpha value is -1.58. The average Bonchev–Trinajstić information content (AvgIpc) is 2.92. The van der Waals surface area contributed by atoms with Crippen molar-refractivity contribution in [3.8, 4) is 0 Å². The van der Waals surface area contributed by atoms with Gasteiger partial charge in [0.05, 0.1) is 12.3 Å².